The first kappa shape index (κ1) is 10.6. The third-order valence-electron chi connectivity index (χ3n) is 2.29. The molecule has 84 valence electrons. The molecule has 0 spiro atoms. The zero-order chi connectivity index (χ0) is 11.5. The number of H-pyrrole nitrogens is 1. The highest BCUT2D eigenvalue weighted by molar-refractivity contribution is 5.49. The van der Waals surface area contributed by atoms with Gasteiger partial charge in [-0.1, -0.05) is 6.07 Å². The third kappa shape index (κ3) is 2.03. The lowest BCUT2D eigenvalue weighted by Crippen LogP contribution is -2.05. The number of hydrogen-bond donors (Lipinski definition) is 2. The van der Waals surface area contributed by atoms with Crippen LogP contribution in [0.2, 0.25) is 0 Å². The fourth-order valence-corrected chi connectivity index (χ4v) is 1.38. The second-order valence-electron chi connectivity index (χ2n) is 3.48. The minimum atomic E-state index is -0.595. The van der Waals surface area contributed by atoms with Crippen LogP contribution in [0.25, 0.3) is 0 Å². The van der Waals surface area contributed by atoms with E-state index < -0.39 is 11.6 Å². The molecule has 0 aliphatic rings. The standard InChI is InChI=1S/C11H11F2N3/c1-7-2-3-9(12)11(10(7)13)15-5-8-4-14-6-16-8/h2-4,6,15H,5H2,1H3,(H,14,16). The van der Waals surface area contributed by atoms with Crippen molar-refractivity contribution in [2.45, 2.75) is 13.5 Å². The lowest BCUT2D eigenvalue weighted by molar-refractivity contribution is 0.582. The van der Waals surface area contributed by atoms with Crippen molar-refractivity contribution in [1.29, 1.82) is 0 Å². The summed E-state index contributed by atoms with van der Waals surface area (Å²) < 4.78 is 26.9. The summed E-state index contributed by atoms with van der Waals surface area (Å²) in [6, 6.07) is 2.65. The van der Waals surface area contributed by atoms with E-state index in [0.717, 1.165) is 5.69 Å². The SMILES string of the molecule is Cc1ccc(F)c(NCc2cnc[nH]2)c1F. The van der Waals surface area contributed by atoms with Gasteiger partial charge in [-0.3, -0.25) is 0 Å². The first-order valence-electron chi connectivity index (χ1n) is 4.84. The summed E-state index contributed by atoms with van der Waals surface area (Å²) in [5, 5.41) is 2.70. The highest BCUT2D eigenvalue weighted by atomic mass is 19.1. The molecule has 1 aromatic carbocycles. The minimum absolute atomic E-state index is 0.102. The van der Waals surface area contributed by atoms with Gasteiger partial charge in [0.25, 0.3) is 0 Å². The van der Waals surface area contributed by atoms with E-state index in [4.69, 9.17) is 0 Å². The van der Waals surface area contributed by atoms with Crippen molar-refractivity contribution in [3.63, 3.8) is 0 Å². The molecule has 0 amide bonds. The van der Waals surface area contributed by atoms with Crippen LogP contribution in [0.5, 0.6) is 0 Å². The quantitative estimate of drug-likeness (QED) is 0.839. The van der Waals surface area contributed by atoms with Crippen LogP contribution in [-0.2, 0) is 6.54 Å². The van der Waals surface area contributed by atoms with E-state index >= 15 is 0 Å². The molecule has 2 rings (SSSR count). The zero-order valence-corrected chi connectivity index (χ0v) is 8.72. The molecule has 0 unspecified atom stereocenters. The second kappa shape index (κ2) is 4.30. The lowest BCUT2D eigenvalue weighted by atomic mass is 10.2. The monoisotopic (exact) mass is 223 g/mol. The third-order valence-corrected chi connectivity index (χ3v) is 2.29. The first-order chi connectivity index (χ1) is 7.68. The van der Waals surface area contributed by atoms with Gasteiger partial charge in [-0.2, -0.15) is 0 Å². The molecule has 16 heavy (non-hydrogen) atoms. The Morgan fingerprint density at radius 1 is 1.38 bits per heavy atom. The number of rotatable bonds is 3. The number of halogens is 2. The molecular weight excluding hydrogens is 212 g/mol. The van der Waals surface area contributed by atoms with Crippen molar-refractivity contribution >= 4 is 5.69 Å². The van der Waals surface area contributed by atoms with E-state index in [9.17, 15) is 8.78 Å². The van der Waals surface area contributed by atoms with E-state index in [1.807, 2.05) is 0 Å². The molecule has 0 aliphatic carbocycles. The van der Waals surface area contributed by atoms with Crippen molar-refractivity contribution < 1.29 is 8.78 Å². The average molecular weight is 223 g/mol. The van der Waals surface area contributed by atoms with Crippen molar-refractivity contribution in [1.82, 2.24) is 9.97 Å². The summed E-state index contributed by atoms with van der Waals surface area (Å²) in [7, 11) is 0. The molecule has 0 radical (unpaired) electrons. The average Bonchev–Trinajstić information content (AvgIpc) is 2.77. The number of anilines is 1. The number of nitrogens with one attached hydrogen (secondary N) is 2. The van der Waals surface area contributed by atoms with E-state index in [-0.39, 0.29) is 5.69 Å². The van der Waals surface area contributed by atoms with Gasteiger partial charge in [-0.25, -0.2) is 13.8 Å². The molecule has 0 aliphatic heterocycles. The van der Waals surface area contributed by atoms with Crippen LogP contribution in [0.4, 0.5) is 14.5 Å². The van der Waals surface area contributed by atoms with Gasteiger partial charge in [0, 0.05) is 6.20 Å². The molecule has 3 nitrogen and oxygen atoms in total. The Morgan fingerprint density at radius 2 is 2.19 bits per heavy atom. The van der Waals surface area contributed by atoms with Gasteiger partial charge in [0.2, 0.25) is 0 Å². The summed E-state index contributed by atoms with van der Waals surface area (Å²) in [5.74, 6) is -1.15. The number of nitrogens with zero attached hydrogens (tertiary/aromatic N) is 1. The molecular formula is C11H11F2N3. The van der Waals surface area contributed by atoms with E-state index in [0.29, 0.717) is 12.1 Å². The maximum Gasteiger partial charge on any atom is 0.152 e. The fourth-order valence-electron chi connectivity index (χ4n) is 1.38. The van der Waals surface area contributed by atoms with Gasteiger partial charge in [0.1, 0.15) is 11.5 Å². The van der Waals surface area contributed by atoms with Gasteiger partial charge in [0.05, 0.1) is 18.6 Å². The van der Waals surface area contributed by atoms with Crippen LogP contribution in [0, 0.1) is 18.6 Å². The van der Waals surface area contributed by atoms with Crippen LogP contribution in [0.15, 0.2) is 24.7 Å². The number of benzene rings is 1. The molecule has 0 saturated heterocycles. The van der Waals surface area contributed by atoms with Crippen LogP contribution in [0.1, 0.15) is 11.3 Å². The van der Waals surface area contributed by atoms with E-state index in [1.54, 1.807) is 13.1 Å². The molecule has 0 bridgehead atoms. The fraction of sp³-hybridized carbons (Fsp3) is 0.182. The topological polar surface area (TPSA) is 40.7 Å². The number of aryl methyl sites for hydroxylation is 1. The summed E-state index contributed by atoms with van der Waals surface area (Å²) in [6.07, 6.45) is 3.11. The van der Waals surface area contributed by atoms with Crippen molar-refractivity contribution in [3.05, 3.63) is 47.5 Å². The predicted octanol–water partition coefficient (Wildman–Crippen LogP) is 2.61. The predicted molar refractivity (Wildman–Crippen MR) is 57.0 cm³/mol. The maximum absolute atomic E-state index is 13.6. The number of imidazole rings is 1. The normalized spacial score (nSPS) is 10.4. The van der Waals surface area contributed by atoms with Gasteiger partial charge >= 0.3 is 0 Å². The summed E-state index contributed by atoms with van der Waals surface area (Å²) >= 11 is 0. The lowest BCUT2D eigenvalue weighted by Gasteiger charge is -2.09. The van der Waals surface area contributed by atoms with Gasteiger partial charge < -0.3 is 10.3 Å². The molecule has 0 fully saturated rings. The van der Waals surface area contributed by atoms with Crippen LogP contribution < -0.4 is 5.32 Å². The number of aromatic nitrogens is 2. The number of aromatic amines is 1. The Bertz CT molecular complexity index is 480. The highest BCUT2D eigenvalue weighted by Gasteiger charge is 2.10. The molecule has 0 saturated carbocycles. The Kier molecular flexibility index (Phi) is 2.85. The molecule has 0 atom stereocenters. The van der Waals surface area contributed by atoms with E-state index in [1.165, 1.54) is 18.5 Å². The molecule has 5 heteroatoms. The summed E-state index contributed by atoms with van der Waals surface area (Å²) in [6.45, 7) is 1.90. The Balaban J connectivity index is 2.18. The van der Waals surface area contributed by atoms with Gasteiger partial charge in [-0.05, 0) is 18.6 Å². The van der Waals surface area contributed by atoms with Crippen LogP contribution in [0.3, 0.4) is 0 Å². The first-order valence-corrected chi connectivity index (χ1v) is 4.84. The Morgan fingerprint density at radius 3 is 2.88 bits per heavy atom. The Hall–Kier alpha value is -1.91. The zero-order valence-electron chi connectivity index (χ0n) is 8.72. The van der Waals surface area contributed by atoms with E-state index in [2.05, 4.69) is 15.3 Å². The Labute approximate surface area is 91.5 Å². The van der Waals surface area contributed by atoms with Crippen molar-refractivity contribution in [2.75, 3.05) is 5.32 Å². The molecule has 2 N–H and O–H groups in total. The minimum Gasteiger partial charge on any atom is -0.375 e. The number of hydrogen-bond acceptors (Lipinski definition) is 2. The maximum atomic E-state index is 13.6. The highest BCUT2D eigenvalue weighted by Crippen LogP contribution is 2.21. The molecule has 1 aromatic heterocycles. The van der Waals surface area contributed by atoms with Crippen molar-refractivity contribution in [3.8, 4) is 0 Å². The molecule has 2 aromatic rings. The van der Waals surface area contributed by atoms with Crippen LogP contribution >= 0.6 is 0 Å². The largest absolute Gasteiger partial charge is 0.375 e. The van der Waals surface area contributed by atoms with Crippen LogP contribution in [-0.4, -0.2) is 9.97 Å². The summed E-state index contributed by atoms with van der Waals surface area (Å²) in [4.78, 5) is 6.66. The molecule has 1 heterocycles. The van der Waals surface area contributed by atoms with Gasteiger partial charge in [-0.15, -0.1) is 0 Å². The van der Waals surface area contributed by atoms with Crippen molar-refractivity contribution in [2.24, 2.45) is 0 Å². The van der Waals surface area contributed by atoms with Gasteiger partial charge in [0.15, 0.2) is 5.82 Å². The summed E-state index contributed by atoms with van der Waals surface area (Å²) in [5.41, 5.74) is 1.07. The second-order valence-corrected chi connectivity index (χ2v) is 3.48. The smallest absolute Gasteiger partial charge is 0.152 e.